The third-order valence-electron chi connectivity index (χ3n) is 6.74. The fourth-order valence-corrected chi connectivity index (χ4v) is 5.05. The average Bonchev–Trinajstić information content (AvgIpc) is 2.90. The van der Waals surface area contributed by atoms with Crippen molar-refractivity contribution in [1.82, 2.24) is 5.32 Å². The van der Waals surface area contributed by atoms with Crippen LogP contribution in [0.25, 0.3) is 0 Å². The summed E-state index contributed by atoms with van der Waals surface area (Å²) in [4.78, 5) is 27.1. The molecule has 1 aliphatic carbocycles. The van der Waals surface area contributed by atoms with E-state index >= 15 is 0 Å². The molecule has 190 valence electrons. The molecule has 1 heterocycles. The second-order valence-electron chi connectivity index (χ2n) is 8.87. The molecule has 0 amide bonds. The molecule has 2 aromatic rings. The third-order valence-corrected chi connectivity index (χ3v) is 6.74. The number of allylic oxidation sites excluding steroid dienone is 3. The summed E-state index contributed by atoms with van der Waals surface area (Å²) < 4.78 is 22.0. The topological polar surface area (TPSA) is 83.1 Å². The zero-order chi connectivity index (χ0) is 25.7. The van der Waals surface area contributed by atoms with Crippen LogP contribution in [0, 0.1) is 0 Å². The Kier molecular flexibility index (Phi) is 8.10. The first kappa shape index (κ1) is 25.5. The van der Waals surface area contributed by atoms with Crippen LogP contribution in [0.3, 0.4) is 0 Å². The van der Waals surface area contributed by atoms with E-state index in [4.69, 9.17) is 18.9 Å². The number of hydrogen-bond donors (Lipinski definition) is 1. The standard InChI is InChI=1S/C29H33NO6/c1-5-35-13-14-36-29(32)26-18(2)30-23-15-20(19-9-7-6-8-10-19)16-24(31)28(23)27(26)22-12-11-21(33-3)17-25(22)34-4/h6-12,17,20,27,30H,5,13-16H2,1-4H3/t20-,27+/m0/s1. The second-order valence-corrected chi connectivity index (χ2v) is 8.87. The van der Waals surface area contributed by atoms with Crippen molar-refractivity contribution < 1.29 is 28.5 Å². The van der Waals surface area contributed by atoms with Crippen molar-refractivity contribution in [3.05, 3.63) is 82.2 Å². The molecule has 4 rings (SSSR count). The highest BCUT2D eigenvalue weighted by molar-refractivity contribution is 6.04. The van der Waals surface area contributed by atoms with Crippen LogP contribution in [0.4, 0.5) is 0 Å². The van der Waals surface area contributed by atoms with E-state index < -0.39 is 11.9 Å². The number of nitrogens with one attached hydrogen (secondary N) is 1. The van der Waals surface area contributed by atoms with E-state index in [-0.39, 0.29) is 18.3 Å². The summed E-state index contributed by atoms with van der Waals surface area (Å²) in [5.41, 5.74) is 4.34. The largest absolute Gasteiger partial charge is 0.497 e. The van der Waals surface area contributed by atoms with Crippen molar-refractivity contribution in [3.8, 4) is 11.5 Å². The molecule has 0 unspecified atom stereocenters. The van der Waals surface area contributed by atoms with Gasteiger partial charge in [-0.15, -0.1) is 0 Å². The molecule has 0 saturated heterocycles. The van der Waals surface area contributed by atoms with Gasteiger partial charge in [0.2, 0.25) is 0 Å². The number of carbonyl (C=O) groups is 2. The number of rotatable bonds is 9. The molecule has 2 atom stereocenters. The molecule has 0 fully saturated rings. The van der Waals surface area contributed by atoms with Gasteiger partial charge in [-0.2, -0.15) is 0 Å². The van der Waals surface area contributed by atoms with E-state index in [1.807, 2.05) is 44.2 Å². The highest BCUT2D eigenvalue weighted by Crippen LogP contribution is 2.48. The molecule has 2 aliphatic rings. The average molecular weight is 492 g/mol. The number of ether oxygens (including phenoxy) is 4. The van der Waals surface area contributed by atoms with Crippen LogP contribution in [-0.4, -0.2) is 45.8 Å². The summed E-state index contributed by atoms with van der Waals surface area (Å²) in [5.74, 6) is 0.138. The lowest BCUT2D eigenvalue weighted by atomic mass is 9.71. The van der Waals surface area contributed by atoms with Gasteiger partial charge in [0, 0.05) is 41.6 Å². The van der Waals surface area contributed by atoms with Crippen LogP contribution in [0.2, 0.25) is 0 Å². The summed E-state index contributed by atoms with van der Waals surface area (Å²) in [6.07, 6.45) is 1.04. The van der Waals surface area contributed by atoms with E-state index in [1.165, 1.54) is 0 Å². The summed E-state index contributed by atoms with van der Waals surface area (Å²) in [7, 11) is 3.15. The molecule has 0 spiro atoms. The Balaban J connectivity index is 1.78. The molecule has 0 aromatic heterocycles. The minimum Gasteiger partial charge on any atom is -0.497 e. The molecule has 1 aliphatic heterocycles. The Morgan fingerprint density at radius 1 is 1.03 bits per heavy atom. The smallest absolute Gasteiger partial charge is 0.336 e. The monoisotopic (exact) mass is 491 g/mol. The van der Waals surface area contributed by atoms with Crippen molar-refractivity contribution in [3.63, 3.8) is 0 Å². The van der Waals surface area contributed by atoms with Crippen molar-refractivity contribution in [2.24, 2.45) is 0 Å². The number of carbonyl (C=O) groups excluding carboxylic acids is 2. The molecule has 1 N–H and O–H groups in total. The predicted molar refractivity (Wildman–Crippen MR) is 136 cm³/mol. The highest BCUT2D eigenvalue weighted by Gasteiger charge is 2.42. The number of hydrogen-bond acceptors (Lipinski definition) is 7. The van der Waals surface area contributed by atoms with Gasteiger partial charge in [-0.25, -0.2) is 4.79 Å². The fourth-order valence-electron chi connectivity index (χ4n) is 5.05. The minimum atomic E-state index is -0.620. The van der Waals surface area contributed by atoms with E-state index in [0.717, 1.165) is 16.8 Å². The summed E-state index contributed by atoms with van der Waals surface area (Å²) in [6, 6.07) is 15.5. The van der Waals surface area contributed by atoms with Crippen LogP contribution < -0.4 is 14.8 Å². The van der Waals surface area contributed by atoms with Gasteiger partial charge in [0.05, 0.1) is 32.3 Å². The quantitative estimate of drug-likeness (QED) is 0.404. The number of Topliss-reactive ketones (excluding diaryl/α,β-unsaturated/α-hetero) is 1. The molecule has 7 heteroatoms. The minimum absolute atomic E-state index is 0.00703. The van der Waals surface area contributed by atoms with Gasteiger partial charge in [0.15, 0.2) is 5.78 Å². The molecular weight excluding hydrogens is 458 g/mol. The molecule has 2 aromatic carbocycles. The number of methoxy groups -OCH3 is 2. The van der Waals surface area contributed by atoms with Gasteiger partial charge in [-0.1, -0.05) is 36.4 Å². The van der Waals surface area contributed by atoms with Gasteiger partial charge in [-0.05, 0) is 37.8 Å². The summed E-state index contributed by atoms with van der Waals surface area (Å²) in [6.45, 7) is 4.72. The third kappa shape index (κ3) is 5.16. The maximum absolute atomic E-state index is 13.7. The Morgan fingerprint density at radius 3 is 2.50 bits per heavy atom. The Morgan fingerprint density at radius 2 is 1.81 bits per heavy atom. The van der Waals surface area contributed by atoms with E-state index in [1.54, 1.807) is 20.3 Å². The Labute approximate surface area is 212 Å². The summed E-state index contributed by atoms with van der Waals surface area (Å²) >= 11 is 0. The maximum atomic E-state index is 13.7. The zero-order valence-electron chi connectivity index (χ0n) is 21.3. The normalized spacial score (nSPS) is 19.5. The van der Waals surface area contributed by atoms with Gasteiger partial charge in [-0.3, -0.25) is 4.79 Å². The van der Waals surface area contributed by atoms with Gasteiger partial charge >= 0.3 is 5.97 Å². The van der Waals surface area contributed by atoms with Crippen molar-refractivity contribution >= 4 is 11.8 Å². The first-order chi connectivity index (χ1) is 17.5. The van der Waals surface area contributed by atoms with Gasteiger partial charge < -0.3 is 24.3 Å². The number of esters is 1. The fraction of sp³-hybridized carbons (Fsp3) is 0.379. The first-order valence-corrected chi connectivity index (χ1v) is 12.2. The van der Waals surface area contributed by atoms with Gasteiger partial charge in [0.25, 0.3) is 0 Å². The molecule has 0 bridgehead atoms. The van der Waals surface area contributed by atoms with E-state index in [2.05, 4.69) is 17.4 Å². The molecule has 0 radical (unpaired) electrons. The lowest BCUT2D eigenvalue weighted by Gasteiger charge is -2.37. The lowest BCUT2D eigenvalue weighted by Crippen LogP contribution is -2.36. The maximum Gasteiger partial charge on any atom is 0.336 e. The second kappa shape index (κ2) is 11.4. The van der Waals surface area contributed by atoms with Crippen LogP contribution in [0.5, 0.6) is 11.5 Å². The van der Waals surface area contributed by atoms with E-state index in [0.29, 0.717) is 54.4 Å². The molecular formula is C29H33NO6. The Hall–Kier alpha value is -3.58. The van der Waals surface area contributed by atoms with Gasteiger partial charge in [0.1, 0.15) is 18.1 Å². The SMILES string of the molecule is CCOCCOC(=O)C1=C(C)NC2=C(C(=O)C[C@@H](c3ccccc3)C2)[C@@H]1c1ccc(OC)cc1OC. The van der Waals surface area contributed by atoms with Crippen molar-refractivity contribution in [2.75, 3.05) is 34.0 Å². The summed E-state index contributed by atoms with van der Waals surface area (Å²) in [5, 5.41) is 3.38. The first-order valence-electron chi connectivity index (χ1n) is 12.2. The number of benzene rings is 2. The molecule has 0 saturated carbocycles. The number of ketones is 1. The zero-order valence-corrected chi connectivity index (χ0v) is 21.3. The number of dihydropyridines is 1. The molecule has 36 heavy (non-hydrogen) atoms. The van der Waals surface area contributed by atoms with Crippen LogP contribution >= 0.6 is 0 Å². The van der Waals surface area contributed by atoms with Crippen LogP contribution in [0.15, 0.2) is 71.1 Å². The lowest BCUT2D eigenvalue weighted by molar-refractivity contribution is -0.140. The highest BCUT2D eigenvalue weighted by atomic mass is 16.6. The van der Waals surface area contributed by atoms with Crippen LogP contribution in [0.1, 0.15) is 49.7 Å². The Bertz CT molecular complexity index is 1180. The van der Waals surface area contributed by atoms with E-state index in [9.17, 15) is 9.59 Å². The predicted octanol–water partition coefficient (Wildman–Crippen LogP) is 4.65. The van der Waals surface area contributed by atoms with Crippen LogP contribution in [-0.2, 0) is 19.1 Å². The van der Waals surface area contributed by atoms with Crippen molar-refractivity contribution in [2.45, 2.75) is 38.5 Å². The molecule has 7 nitrogen and oxygen atoms in total. The van der Waals surface area contributed by atoms with Crippen molar-refractivity contribution in [1.29, 1.82) is 0 Å².